The molecule has 0 aromatic heterocycles. The molecule has 0 aliphatic carbocycles. The first-order chi connectivity index (χ1) is 7.77. The summed E-state index contributed by atoms with van der Waals surface area (Å²) < 4.78 is 30.1. The lowest BCUT2D eigenvalue weighted by molar-refractivity contribution is -0.145. The summed E-state index contributed by atoms with van der Waals surface area (Å²) in [5.41, 5.74) is 0. The van der Waals surface area contributed by atoms with E-state index in [0.717, 1.165) is 0 Å². The topological polar surface area (TPSA) is 63.7 Å². The third-order valence-electron chi connectivity index (χ3n) is 3.02. The van der Waals surface area contributed by atoms with Gasteiger partial charge in [0.2, 0.25) is 10.0 Å². The van der Waals surface area contributed by atoms with Crippen LogP contribution >= 0.6 is 0 Å². The molecule has 0 aromatic rings. The summed E-state index contributed by atoms with van der Waals surface area (Å²) in [6.07, 6.45) is 0. The molecule has 2 atom stereocenters. The quantitative estimate of drug-likeness (QED) is 0.701. The summed E-state index contributed by atoms with van der Waals surface area (Å²) >= 11 is 0. The van der Waals surface area contributed by atoms with E-state index in [0.29, 0.717) is 6.54 Å². The van der Waals surface area contributed by atoms with Crippen molar-refractivity contribution in [2.45, 2.75) is 20.8 Å². The molecule has 0 bridgehead atoms. The van der Waals surface area contributed by atoms with Crippen LogP contribution in [-0.4, -0.2) is 44.6 Å². The van der Waals surface area contributed by atoms with Gasteiger partial charge in [-0.25, -0.2) is 12.7 Å². The minimum Gasteiger partial charge on any atom is -0.469 e. The van der Waals surface area contributed by atoms with Crippen LogP contribution < -0.4 is 0 Å². The first-order valence-corrected chi connectivity index (χ1v) is 7.44. The van der Waals surface area contributed by atoms with Crippen LogP contribution in [-0.2, 0) is 19.6 Å². The van der Waals surface area contributed by atoms with Gasteiger partial charge in [-0.15, -0.1) is 0 Å². The van der Waals surface area contributed by atoms with Crippen LogP contribution in [0.3, 0.4) is 0 Å². The zero-order valence-electron chi connectivity index (χ0n) is 10.8. The van der Waals surface area contributed by atoms with Gasteiger partial charge in [0, 0.05) is 13.1 Å². The Labute approximate surface area is 103 Å². The molecule has 17 heavy (non-hydrogen) atoms. The van der Waals surface area contributed by atoms with Gasteiger partial charge >= 0.3 is 5.97 Å². The Morgan fingerprint density at radius 1 is 1.41 bits per heavy atom. The second kappa shape index (κ2) is 5.35. The van der Waals surface area contributed by atoms with Crippen LogP contribution in [0.25, 0.3) is 0 Å². The summed E-state index contributed by atoms with van der Waals surface area (Å²) in [6.45, 7) is 6.29. The molecule has 100 valence electrons. The molecule has 2 unspecified atom stereocenters. The Morgan fingerprint density at radius 3 is 2.47 bits per heavy atom. The van der Waals surface area contributed by atoms with Crippen LogP contribution in [0.2, 0.25) is 0 Å². The Morgan fingerprint density at radius 2 is 2.00 bits per heavy atom. The van der Waals surface area contributed by atoms with Gasteiger partial charge in [-0.2, -0.15) is 0 Å². The minimum absolute atomic E-state index is 0.0180. The minimum atomic E-state index is -3.24. The number of hydrogen-bond acceptors (Lipinski definition) is 4. The Kier molecular flexibility index (Phi) is 4.55. The molecule has 0 radical (unpaired) electrons. The molecule has 1 fully saturated rings. The van der Waals surface area contributed by atoms with Crippen LogP contribution in [0.1, 0.15) is 20.8 Å². The van der Waals surface area contributed by atoms with Crippen molar-refractivity contribution in [2.24, 2.45) is 17.8 Å². The van der Waals surface area contributed by atoms with Crippen molar-refractivity contribution in [2.75, 3.05) is 26.0 Å². The van der Waals surface area contributed by atoms with E-state index in [-0.39, 0.29) is 36.0 Å². The van der Waals surface area contributed by atoms with Crippen LogP contribution in [0.15, 0.2) is 0 Å². The number of rotatable bonds is 4. The van der Waals surface area contributed by atoms with Gasteiger partial charge in [0.05, 0.1) is 18.8 Å². The van der Waals surface area contributed by atoms with Gasteiger partial charge in [0.15, 0.2) is 0 Å². The summed E-state index contributed by atoms with van der Waals surface area (Å²) in [5, 5.41) is 0. The average molecular weight is 263 g/mol. The number of carbonyl (C=O) groups is 1. The number of esters is 1. The van der Waals surface area contributed by atoms with E-state index in [2.05, 4.69) is 4.74 Å². The van der Waals surface area contributed by atoms with Crippen molar-refractivity contribution in [3.63, 3.8) is 0 Å². The zero-order valence-corrected chi connectivity index (χ0v) is 11.7. The van der Waals surface area contributed by atoms with Crippen molar-refractivity contribution in [1.82, 2.24) is 4.31 Å². The van der Waals surface area contributed by atoms with E-state index in [4.69, 9.17) is 0 Å². The Bertz CT molecular complexity index is 377. The number of sulfonamides is 1. The zero-order chi connectivity index (χ0) is 13.2. The highest BCUT2D eigenvalue weighted by atomic mass is 32.2. The molecule has 1 heterocycles. The first kappa shape index (κ1) is 14.4. The average Bonchev–Trinajstić information content (AvgIpc) is 2.58. The number of carbonyl (C=O) groups excluding carboxylic acids is 1. The molecule has 0 spiro atoms. The van der Waals surface area contributed by atoms with Gasteiger partial charge in [0.1, 0.15) is 0 Å². The van der Waals surface area contributed by atoms with E-state index >= 15 is 0 Å². The summed E-state index contributed by atoms with van der Waals surface area (Å²) in [5.74, 6) is -0.410. The lowest BCUT2D eigenvalue weighted by Gasteiger charge is -2.17. The van der Waals surface area contributed by atoms with Crippen molar-refractivity contribution in [1.29, 1.82) is 0 Å². The third-order valence-corrected chi connectivity index (χ3v) is 5.19. The van der Waals surface area contributed by atoms with Gasteiger partial charge in [-0.05, 0) is 11.8 Å². The van der Waals surface area contributed by atoms with E-state index < -0.39 is 10.0 Å². The lowest BCUT2D eigenvalue weighted by Crippen LogP contribution is -2.33. The van der Waals surface area contributed by atoms with Crippen molar-refractivity contribution < 1.29 is 17.9 Å². The second-order valence-electron chi connectivity index (χ2n) is 5.10. The number of hydrogen-bond donors (Lipinski definition) is 0. The van der Waals surface area contributed by atoms with Gasteiger partial charge in [-0.1, -0.05) is 20.8 Å². The molecule has 1 saturated heterocycles. The Balaban J connectivity index is 2.75. The smallest absolute Gasteiger partial charge is 0.310 e. The number of nitrogens with zero attached hydrogens (tertiary/aromatic N) is 1. The predicted octanol–water partition coefficient (Wildman–Crippen LogP) is 0.713. The highest BCUT2D eigenvalue weighted by Crippen LogP contribution is 2.27. The van der Waals surface area contributed by atoms with E-state index in [1.165, 1.54) is 11.4 Å². The van der Waals surface area contributed by atoms with Crippen LogP contribution in [0.5, 0.6) is 0 Å². The monoisotopic (exact) mass is 263 g/mol. The molecule has 5 nitrogen and oxygen atoms in total. The predicted molar refractivity (Wildman–Crippen MR) is 64.9 cm³/mol. The van der Waals surface area contributed by atoms with E-state index in [1.807, 2.05) is 20.8 Å². The molecule has 0 amide bonds. The molecule has 1 aliphatic rings. The van der Waals surface area contributed by atoms with Crippen molar-refractivity contribution in [3.8, 4) is 0 Å². The molecule has 0 saturated carbocycles. The molecular weight excluding hydrogens is 242 g/mol. The SMILES string of the molecule is COC(=O)C1CN(S(=O)(=O)CC(C)C)CC1C. The van der Waals surface area contributed by atoms with Gasteiger partial charge in [-0.3, -0.25) is 4.79 Å². The maximum Gasteiger partial charge on any atom is 0.310 e. The molecular formula is C11H21NO4S. The highest BCUT2D eigenvalue weighted by Gasteiger charge is 2.40. The summed E-state index contributed by atoms with van der Waals surface area (Å²) in [4.78, 5) is 11.5. The lowest BCUT2D eigenvalue weighted by atomic mass is 9.99. The summed E-state index contributed by atoms with van der Waals surface area (Å²) in [7, 11) is -1.91. The molecule has 0 N–H and O–H groups in total. The standard InChI is InChI=1S/C11H21NO4S/c1-8(2)7-17(14,15)12-5-9(3)10(6-12)11(13)16-4/h8-10H,5-7H2,1-4H3. The third kappa shape index (κ3) is 3.42. The van der Waals surface area contributed by atoms with Crippen LogP contribution in [0.4, 0.5) is 0 Å². The fourth-order valence-corrected chi connectivity index (χ4v) is 4.04. The van der Waals surface area contributed by atoms with Crippen molar-refractivity contribution in [3.05, 3.63) is 0 Å². The van der Waals surface area contributed by atoms with Gasteiger partial charge < -0.3 is 4.74 Å². The van der Waals surface area contributed by atoms with Crippen molar-refractivity contribution >= 4 is 16.0 Å². The molecule has 6 heteroatoms. The Hall–Kier alpha value is -0.620. The second-order valence-corrected chi connectivity index (χ2v) is 7.11. The maximum absolute atomic E-state index is 12.0. The fraction of sp³-hybridized carbons (Fsp3) is 0.909. The first-order valence-electron chi connectivity index (χ1n) is 5.83. The maximum atomic E-state index is 12.0. The largest absolute Gasteiger partial charge is 0.469 e. The highest BCUT2D eigenvalue weighted by molar-refractivity contribution is 7.89. The molecule has 0 aromatic carbocycles. The van der Waals surface area contributed by atoms with Gasteiger partial charge in [0.25, 0.3) is 0 Å². The number of ether oxygens (including phenoxy) is 1. The van der Waals surface area contributed by atoms with E-state index in [9.17, 15) is 13.2 Å². The fourth-order valence-electron chi connectivity index (χ4n) is 2.13. The normalized spacial score (nSPS) is 26.4. The summed E-state index contributed by atoms with van der Waals surface area (Å²) in [6, 6.07) is 0. The molecule has 1 rings (SSSR count). The molecule has 1 aliphatic heterocycles. The van der Waals surface area contributed by atoms with Crippen LogP contribution in [0, 0.1) is 17.8 Å². The van der Waals surface area contributed by atoms with E-state index in [1.54, 1.807) is 0 Å². The number of methoxy groups -OCH3 is 1.